The van der Waals surface area contributed by atoms with Gasteiger partial charge in [-0.2, -0.15) is 0 Å². The Labute approximate surface area is 284 Å². The molecule has 6 aromatic rings. The fourth-order valence-electron chi connectivity index (χ4n) is 8.18. The van der Waals surface area contributed by atoms with Crippen molar-refractivity contribution in [2.75, 3.05) is 0 Å². The molecule has 2 aliphatic carbocycles. The average Bonchev–Trinajstić information content (AvgIpc) is 3.72. The molecule has 0 atom stereocenters. The maximum atomic E-state index is 14.9. The van der Waals surface area contributed by atoms with E-state index >= 15 is 0 Å². The molecule has 0 bridgehead atoms. The van der Waals surface area contributed by atoms with E-state index in [2.05, 4.69) is 0 Å². The Morgan fingerprint density at radius 1 is 0.440 bits per heavy atom. The summed E-state index contributed by atoms with van der Waals surface area (Å²) in [6, 6.07) is 28.2. The second-order valence-corrected chi connectivity index (χ2v) is 16.7. The minimum Gasteiger partial charge on any atom is -0.218 e. The molecule has 50 heavy (non-hydrogen) atoms. The summed E-state index contributed by atoms with van der Waals surface area (Å²) in [4.78, 5) is 0.388. The minimum atomic E-state index is -4.07. The van der Waals surface area contributed by atoms with Crippen LogP contribution in [0.2, 0.25) is 0 Å². The van der Waals surface area contributed by atoms with Crippen LogP contribution in [0.5, 0.6) is 0 Å². The third kappa shape index (κ3) is 3.71. The van der Waals surface area contributed by atoms with E-state index < -0.39 is 37.1 Å². The number of halogens is 3. The lowest BCUT2D eigenvalue weighted by atomic mass is 9.93. The third-order valence-corrected chi connectivity index (χ3v) is 13.8. The molecule has 9 heteroatoms. The van der Waals surface area contributed by atoms with E-state index in [4.69, 9.17) is 0 Å². The van der Waals surface area contributed by atoms with E-state index in [0.717, 1.165) is 18.2 Å². The fourth-order valence-corrected chi connectivity index (χ4v) is 12.0. The first-order valence-electron chi connectivity index (χ1n) is 15.7. The molecule has 0 N–H and O–H groups in total. The predicted molar refractivity (Wildman–Crippen MR) is 185 cm³/mol. The number of allylic oxidation sites excluding steroid dienone is 2. The van der Waals surface area contributed by atoms with Crippen molar-refractivity contribution < 1.29 is 30.0 Å². The summed E-state index contributed by atoms with van der Waals surface area (Å²) in [7, 11) is -8.05. The molecule has 0 spiro atoms. The Hall–Kier alpha value is -5.51. The first kappa shape index (κ1) is 29.4. The van der Waals surface area contributed by atoms with Gasteiger partial charge in [-0.05, 0) is 117 Å². The molecule has 6 aromatic carbocycles. The van der Waals surface area contributed by atoms with Crippen molar-refractivity contribution in [1.82, 2.24) is 0 Å². The second-order valence-electron chi connectivity index (χ2n) is 13.0. The smallest absolute Gasteiger partial charge is 0.208 e. The summed E-state index contributed by atoms with van der Waals surface area (Å²) in [5, 5.41) is 2.44. The molecule has 4 nitrogen and oxygen atoms in total. The van der Waals surface area contributed by atoms with Gasteiger partial charge in [0.15, 0.2) is 0 Å². The van der Waals surface area contributed by atoms with Gasteiger partial charge in [0, 0.05) is 39.5 Å². The van der Waals surface area contributed by atoms with Crippen LogP contribution in [-0.4, -0.2) is 16.8 Å². The quantitative estimate of drug-likeness (QED) is 0.194. The van der Waals surface area contributed by atoms with E-state index in [9.17, 15) is 30.0 Å². The van der Waals surface area contributed by atoms with Crippen molar-refractivity contribution in [2.45, 2.75) is 16.7 Å². The number of benzene rings is 6. The molecule has 0 amide bonds. The molecule has 0 aromatic heterocycles. The largest absolute Gasteiger partial charge is 0.218 e. The fraction of sp³-hybridized carbons (Fsp3) is 0.0244. The molecule has 0 radical (unpaired) electrons. The van der Waals surface area contributed by atoms with Crippen LogP contribution in [0.25, 0.3) is 33.1 Å². The first-order valence-corrected chi connectivity index (χ1v) is 18.7. The van der Waals surface area contributed by atoms with Gasteiger partial charge in [0.25, 0.3) is 0 Å². The molecule has 0 fully saturated rings. The predicted octanol–water partition coefficient (Wildman–Crippen LogP) is 7.08. The Morgan fingerprint density at radius 2 is 0.860 bits per heavy atom. The zero-order valence-electron chi connectivity index (χ0n) is 26.0. The van der Waals surface area contributed by atoms with Gasteiger partial charge >= 0.3 is 0 Å². The number of rotatable bonds is 2. The summed E-state index contributed by atoms with van der Waals surface area (Å²) >= 11 is 0. The van der Waals surface area contributed by atoms with Crippen LogP contribution < -0.4 is 10.4 Å². The molecule has 2 heterocycles. The standard InChI is InChI=1S/C41H21F3O4S2/c1-20-10-23(12-25(42)11-20)36-30-15-21-18-33-31(16-22(21)17-32(30)38-28-6-2-4-8-34(28)49(45,46)40(36)38)37(24-13-26(43)19-27(44)14-24)41-39(33)29-7-3-5-9-35(29)50(41,47)48/h2-19H,1H3. The maximum absolute atomic E-state index is 14.9. The van der Waals surface area contributed by atoms with Crippen LogP contribution in [0, 0.1) is 24.4 Å². The number of hydrogen-bond acceptors (Lipinski definition) is 4. The first-order chi connectivity index (χ1) is 23.9. The third-order valence-electron chi connectivity index (χ3n) is 10.0. The molecule has 4 aliphatic rings. The lowest BCUT2D eigenvalue weighted by Gasteiger charge is -2.12. The SMILES string of the molecule is Cc1cc(F)cc(C2=c3cc4cc5c(cc4cc3C3=C2S(=O)(=O)c2ccccc23)=C(c2cc(F)cc(F)c2)C2=C5c3ccccc3S2(=O)=O)c1. The normalized spacial score (nSPS) is 17.2. The highest BCUT2D eigenvalue weighted by Crippen LogP contribution is 2.52. The minimum absolute atomic E-state index is 0.00940. The van der Waals surface area contributed by atoms with E-state index in [1.807, 2.05) is 18.2 Å². The Bertz CT molecular complexity index is 2850. The Morgan fingerprint density at radius 3 is 1.32 bits per heavy atom. The summed E-state index contributed by atoms with van der Waals surface area (Å²) in [5.74, 6) is -2.18. The lowest BCUT2D eigenvalue weighted by molar-refractivity contribution is 0.582. The molecule has 0 saturated carbocycles. The van der Waals surface area contributed by atoms with Crippen LogP contribution in [-0.2, 0) is 19.7 Å². The van der Waals surface area contributed by atoms with Crippen LogP contribution in [0.4, 0.5) is 13.2 Å². The Kier molecular flexibility index (Phi) is 5.64. The van der Waals surface area contributed by atoms with Crippen LogP contribution in [0.1, 0.15) is 38.9 Å². The van der Waals surface area contributed by atoms with E-state index in [1.165, 1.54) is 18.2 Å². The molecule has 0 unspecified atom stereocenters. The molecular formula is C41H21F3O4S2. The number of fused-ring (bicyclic) bond motifs is 9. The van der Waals surface area contributed by atoms with Crippen LogP contribution >= 0.6 is 0 Å². The summed E-state index contributed by atoms with van der Waals surface area (Å²) in [6.07, 6.45) is 0. The van der Waals surface area contributed by atoms with Gasteiger partial charge in [0.1, 0.15) is 17.5 Å². The second kappa shape index (κ2) is 9.59. The zero-order valence-corrected chi connectivity index (χ0v) is 27.6. The Balaban J connectivity index is 1.35. The van der Waals surface area contributed by atoms with Crippen molar-refractivity contribution in [3.63, 3.8) is 0 Å². The van der Waals surface area contributed by atoms with E-state index in [1.54, 1.807) is 61.5 Å². The molecular weight excluding hydrogens is 678 g/mol. The van der Waals surface area contributed by atoms with Gasteiger partial charge in [-0.25, -0.2) is 30.0 Å². The summed E-state index contributed by atoms with van der Waals surface area (Å²) in [5.41, 5.74) is 4.93. The van der Waals surface area contributed by atoms with Gasteiger partial charge < -0.3 is 0 Å². The van der Waals surface area contributed by atoms with Crippen LogP contribution in [0.15, 0.2) is 129 Å². The van der Waals surface area contributed by atoms with Gasteiger partial charge in [-0.3, -0.25) is 0 Å². The number of sulfone groups is 2. The average molecular weight is 699 g/mol. The summed E-state index contributed by atoms with van der Waals surface area (Å²) in [6.45, 7) is 1.75. The highest BCUT2D eigenvalue weighted by atomic mass is 32.2. The molecule has 10 rings (SSSR count). The number of aryl methyl sites for hydroxylation is 1. The van der Waals surface area contributed by atoms with Crippen molar-refractivity contribution in [3.8, 4) is 0 Å². The lowest BCUT2D eigenvalue weighted by Crippen LogP contribution is -2.15. The zero-order chi connectivity index (χ0) is 34.4. The van der Waals surface area contributed by atoms with E-state index in [0.29, 0.717) is 71.3 Å². The van der Waals surface area contributed by atoms with E-state index in [-0.39, 0.29) is 30.7 Å². The van der Waals surface area contributed by atoms with Crippen molar-refractivity contribution in [1.29, 1.82) is 0 Å². The van der Waals surface area contributed by atoms with Gasteiger partial charge in [-0.1, -0.05) is 42.5 Å². The topological polar surface area (TPSA) is 68.3 Å². The summed E-state index contributed by atoms with van der Waals surface area (Å²) < 4.78 is 101. The maximum Gasteiger partial charge on any atom is 0.208 e. The van der Waals surface area contributed by atoms with Crippen molar-refractivity contribution in [3.05, 3.63) is 186 Å². The molecule has 0 saturated heterocycles. The van der Waals surface area contributed by atoms with Crippen LogP contribution in [0.3, 0.4) is 0 Å². The monoisotopic (exact) mass is 698 g/mol. The van der Waals surface area contributed by atoms with Gasteiger partial charge in [0.05, 0.1) is 19.6 Å². The van der Waals surface area contributed by atoms with Crippen molar-refractivity contribution in [2.24, 2.45) is 0 Å². The van der Waals surface area contributed by atoms with Gasteiger partial charge in [0.2, 0.25) is 19.7 Å². The molecule has 2 aliphatic heterocycles. The number of hydrogen-bond donors (Lipinski definition) is 0. The highest BCUT2D eigenvalue weighted by molar-refractivity contribution is 7.97. The molecule has 242 valence electrons. The van der Waals surface area contributed by atoms with Crippen molar-refractivity contribution >= 4 is 52.7 Å². The van der Waals surface area contributed by atoms with Gasteiger partial charge in [-0.15, -0.1) is 0 Å². The highest BCUT2D eigenvalue weighted by Gasteiger charge is 2.44.